The van der Waals surface area contributed by atoms with Crippen molar-refractivity contribution in [2.45, 2.75) is 38.1 Å². The SMILES string of the molecule is C[Si](C)(C)c1ccc(-c2[c-]cccc2)nc1.Cc1ccnc(-c2[c-]ccc3c2oc2cc4[c](cc23)[Ge]([CH3])([CH3])[c]2ccccc2-4)c1.[Ir]. The van der Waals surface area contributed by atoms with Gasteiger partial charge in [-0.05, 0) is 10.9 Å². The van der Waals surface area contributed by atoms with Crippen LogP contribution >= 0.6 is 0 Å². The van der Waals surface area contributed by atoms with Gasteiger partial charge in [0, 0.05) is 26.3 Å². The van der Waals surface area contributed by atoms with Crippen molar-refractivity contribution in [3.63, 3.8) is 0 Å². The normalized spacial score (nSPS) is 13.0. The fraction of sp³-hybridized carbons (Fsp3) is 0.150. The molecule has 0 atom stereocenters. The predicted octanol–water partition coefficient (Wildman–Crippen LogP) is 8.65. The molecule has 1 aliphatic heterocycles. The average molecular weight is 854 g/mol. The zero-order valence-electron chi connectivity index (χ0n) is 27.0. The van der Waals surface area contributed by atoms with Gasteiger partial charge in [0.15, 0.2) is 0 Å². The first-order valence-corrected chi connectivity index (χ1v) is 25.3. The van der Waals surface area contributed by atoms with Crippen LogP contribution in [0.4, 0.5) is 0 Å². The minimum atomic E-state index is -2.30. The number of aromatic nitrogens is 2. The van der Waals surface area contributed by atoms with Gasteiger partial charge in [-0.3, -0.25) is 0 Å². The maximum atomic E-state index is 6.44. The number of aryl methyl sites for hydroxylation is 1. The van der Waals surface area contributed by atoms with E-state index < -0.39 is 21.3 Å². The number of hydrogen-bond donors (Lipinski definition) is 0. The first kappa shape index (κ1) is 32.3. The van der Waals surface area contributed by atoms with Crippen molar-refractivity contribution in [3.8, 4) is 33.6 Å². The van der Waals surface area contributed by atoms with Crippen LogP contribution in [0.2, 0.25) is 31.2 Å². The molecule has 8 rings (SSSR count). The molecule has 7 aromatic rings. The zero-order valence-corrected chi connectivity index (χ0v) is 32.5. The van der Waals surface area contributed by atoms with E-state index in [-0.39, 0.29) is 20.1 Å². The molecule has 0 spiro atoms. The summed E-state index contributed by atoms with van der Waals surface area (Å²) >= 11 is -2.30. The summed E-state index contributed by atoms with van der Waals surface area (Å²) in [6.07, 6.45) is 3.87. The van der Waals surface area contributed by atoms with E-state index in [0.29, 0.717) is 0 Å². The number of pyridine rings is 2. The summed E-state index contributed by atoms with van der Waals surface area (Å²) in [5.74, 6) is 4.99. The second kappa shape index (κ2) is 12.5. The van der Waals surface area contributed by atoms with Crippen LogP contribution in [0.15, 0.2) is 114 Å². The molecule has 0 unspecified atom stereocenters. The monoisotopic (exact) mass is 855 g/mol. The van der Waals surface area contributed by atoms with Gasteiger partial charge in [0.25, 0.3) is 0 Å². The Bertz CT molecular complexity index is 2180. The number of hydrogen-bond acceptors (Lipinski definition) is 3. The quantitative estimate of drug-likeness (QED) is 0.132. The molecular weight excluding hydrogens is 817 g/mol. The molecule has 0 fully saturated rings. The third kappa shape index (κ3) is 5.86. The summed E-state index contributed by atoms with van der Waals surface area (Å²) in [7, 11) is -1.23. The number of furan rings is 1. The molecule has 6 heteroatoms. The third-order valence-corrected chi connectivity index (χ3v) is 18.4. The van der Waals surface area contributed by atoms with Crippen LogP contribution in [0.25, 0.3) is 55.6 Å². The van der Waals surface area contributed by atoms with Crippen molar-refractivity contribution in [1.29, 1.82) is 0 Å². The minimum Gasteiger partial charge on any atom is 0 e. The fourth-order valence-electron chi connectivity index (χ4n) is 6.35. The standard InChI is InChI=1S/C26H20GeNO.C14H16NSi.Ir/c1-16-11-12-28-24(13-16)19-9-6-8-18-21-14-23-20(15-25(21)29-26(18)19)17-7-4-5-10-22(17)27(23,2)3;1-16(2,3)13-9-10-14(15-11-13)12-7-5-4-6-8-12;/h4-8,10-15H,1-3H3;4-7,9-11H,1-3H3;/q2*-1;. The maximum absolute atomic E-state index is 6.44. The minimum absolute atomic E-state index is 0. The number of benzene rings is 4. The Hall–Kier alpha value is -3.61. The van der Waals surface area contributed by atoms with Gasteiger partial charge in [0.2, 0.25) is 0 Å². The predicted molar refractivity (Wildman–Crippen MR) is 194 cm³/mol. The Kier molecular flexibility index (Phi) is 8.81. The van der Waals surface area contributed by atoms with Gasteiger partial charge in [-0.15, -0.1) is 35.9 Å². The average Bonchev–Trinajstić information content (AvgIpc) is 3.52. The molecule has 3 nitrogen and oxygen atoms in total. The van der Waals surface area contributed by atoms with Crippen molar-refractivity contribution < 1.29 is 24.5 Å². The molecule has 0 bridgehead atoms. The summed E-state index contributed by atoms with van der Waals surface area (Å²) in [4.78, 5) is 9.08. The zero-order chi connectivity index (χ0) is 31.3. The second-order valence-corrected chi connectivity index (χ2v) is 27.6. The Morgan fingerprint density at radius 2 is 1.52 bits per heavy atom. The number of rotatable bonds is 3. The van der Waals surface area contributed by atoms with Gasteiger partial charge in [-0.25, -0.2) is 0 Å². The smallest absolute Gasteiger partial charge is 0 e. The first-order valence-electron chi connectivity index (χ1n) is 15.5. The van der Waals surface area contributed by atoms with E-state index in [2.05, 4.69) is 121 Å². The molecule has 1 aliphatic rings. The van der Waals surface area contributed by atoms with Crippen LogP contribution in [0, 0.1) is 19.1 Å². The van der Waals surface area contributed by atoms with Crippen LogP contribution in [0.1, 0.15) is 5.56 Å². The van der Waals surface area contributed by atoms with Gasteiger partial charge in [-0.1, -0.05) is 31.8 Å². The summed E-state index contributed by atoms with van der Waals surface area (Å²) in [5.41, 5.74) is 9.66. The third-order valence-electron chi connectivity index (χ3n) is 8.92. The molecular formula is C40H36GeIrN2OSi-2. The van der Waals surface area contributed by atoms with Gasteiger partial charge in [-0.2, -0.15) is 0 Å². The summed E-state index contributed by atoms with van der Waals surface area (Å²) in [5, 5.41) is 3.74. The molecule has 0 aliphatic carbocycles. The molecule has 4 heterocycles. The number of nitrogens with zero attached hydrogens (tertiary/aromatic N) is 2. The van der Waals surface area contributed by atoms with Crippen molar-refractivity contribution >= 4 is 57.3 Å². The van der Waals surface area contributed by atoms with Crippen LogP contribution in [-0.2, 0) is 20.1 Å². The van der Waals surface area contributed by atoms with E-state index in [1.54, 1.807) is 8.79 Å². The van der Waals surface area contributed by atoms with E-state index in [0.717, 1.165) is 39.1 Å². The van der Waals surface area contributed by atoms with Crippen molar-refractivity contribution in [2.24, 2.45) is 0 Å². The van der Waals surface area contributed by atoms with E-state index in [4.69, 9.17) is 4.42 Å². The van der Waals surface area contributed by atoms with Crippen molar-refractivity contribution in [1.82, 2.24) is 9.97 Å². The van der Waals surface area contributed by atoms with Gasteiger partial charge < -0.3 is 4.98 Å². The van der Waals surface area contributed by atoms with Crippen LogP contribution in [0.5, 0.6) is 0 Å². The molecule has 0 N–H and O–H groups in total. The van der Waals surface area contributed by atoms with Crippen molar-refractivity contribution in [3.05, 3.63) is 127 Å². The van der Waals surface area contributed by atoms with Gasteiger partial charge in [0.1, 0.15) is 0 Å². The van der Waals surface area contributed by atoms with E-state index in [9.17, 15) is 0 Å². The topological polar surface area (TPSA) is 38.9 Å². The molecule has 0 saturated heterocycles. The van der Waals surface area contributed by atoms with Crippen LogP contribution in [0.3, 0.4) is 0 Å². The van der Waals surface area contributed by atoms with E-state index in [1.165, 1.54) is 27.3 Å². The maximum Gasteiger partial charge on any atom is 0 e. The molecule has 4 aromatic carbocycles. The largest absolute Gasteiger partial charge is 0 e. The fourth-order valence-corrected chi connectivity index (χ4v) is 13.8. The summed E-state index contributed by atoms with van der Waals surface area (Å²) in [6.45, 7) is 9.08. The molecule has 0 saturated carbocycles. The van der Waals surface area contributed by atoms with E-state index in [1.807, 2.05) is 48.8 Å². The first-order chi connectivity index (χ1) is 21.6. The van der Waals surface area contributed by atoms with Crippen LogP contribution < -0.4 is 14.0 Å². The Balaban J connectivity index is 0.000000187. The van der Waals surface area contributed by atoms with E-state index >= 15 is 0 Å². The van der Waals surface area contributed by atoms with Gasteiger partial charge >= 0.3 is 173 Å². The second-order valence-electron chi connectivity index (χ2n) is 13.4. The Labute approximate surface area is 288 Å². The summed E-state index contributed by atoms with van der Waals surface area (Å²) in [6, 6.07) is 40.6. The molecule has 46 heavy (non-hydrogen) atoms. The van der Waals surface area contributed by atoms with Gasteiger partial charge in [0.05, 0.1) is 8.07 Å². The molecule has 231 valence electrons. The summed E-state index contributed by atoms with van der Waals surface area (Å²) < 4.78 is 9.55. The molecule has 1 radical (unpaired) electrons. The molecule has 3 aromatic heterocycles. The Morgan fingerprint density at radius 3 is 2.24 bits per heavy atom. The Morgan fingerprint density at radius 1 is 0.717 bits per heavy atom. The molecule has 0 amide bonds. The number of fused-ring (bicyclic) bond motifs is 6. The van der Waals surface area contributed by atoms with Crippen molar-refractivity contribution in [2.75, 3.05) is 0 Å². The van der Waals surface area contributed by atoms with Crippen LogP contribution in [-0.4, -0.2) is 31.3 Å².